The minimum atomic E-state index is -1.45. The maximum atomic E-state index is 10.5. The Hall–Kier alpha value is -1.18. The molecule has 180 valence electrons. The molecule has 6 heteroatoms. The molecule has 1 aliphatic heterocycles. The van der Waals surface area contributed by atoms with Crippen molar-refractivity contribution in [3.05, 3.63) is 28.8 Å². The van der Waals surface area contributed by atoms with Crippen molar-refractivity contribution in [3.63, 3.8) is 0 Å². The molecule has 0 bridgehead atoms. The number of rotatable bonds is 4. The van der Waals surface area contributed by atoms with Crippen LogP contribution in [0.5, 0.6) is 5.75 Å². The molecule has 1 heterocycles. The van der Waals surface area contributed by atoms with Crippen LogP contribution in [0, 0.1) is 11.3 Å². The highest BCUT2D eigenvalue weighted by atomic mass is 16.7. The first kappa shape index (κ1) is 24.0. The van der Waals surface area contributed by atoms with Crippen molar-refractivity contribution in [1.82, 2.24) is 0 Å². The van der Waals surface area contributed by atoms with Gasteiger partial charge in [-0.15, -0.1) is 0 Å². The summed E-state index contributed by atoms with van der Waals surface area (Å²) in [5, 5.41) is 40.2. The molecule has 2 fully saturated rings. The van der Waals surface area contributed by atoms with Crippen LogP contribution in [0.4, 0.5) is 0 Å². The number of benzene rings is 1. The van der Waals surface area contributed by atoms with Gasteiger partial charge in [-0.25, -0.2) is 0 Å². The first-order chi connectivity index (χ1) is 15.0. The third-order valence-electron chi connectivity index (χ3n) is 8.51. The van der Waals surface area contributed by atoms with E-state index in [1.54, 1.807) is 0 Å². The number of hydrogen-bond donors (Lipinski definition) is 4. The first-order valence-electron chi connectivity index (χ1n) is 12.1. The Morgan fingerprint density at radius 2 is 1.78 bits per heavy atom. The van der Waals surface area contributed by atoms with Crippen molar-refractivity contribution in [2.75, 3.05) is 6.61 Å². The zero-order valence-corrected chi connectivity index (χ0v) is 20.0. The fourth-order valence-electron chi connectivity index (χ4n) is 6.92. The van der Waals surface area contributed by atoms with E-state index in [9.17, 15) is 20.4 Å². The fraction of sp³-hybridized carbons (Fsp3) is 0.769. The third-order valence-corrected chi connectivity index (χ3v) is 8.51. The lowest BCUT2D eigenvalue weighted by atomic mass is 9.50. The van der Waals surface area contributed by atoms with Crippen LogP contribution < -0.4 is 4.74 Å². The Morgan fingerprint density at radius 1 is 1.06 bits per heavy atom. The van der Waals surface area contributed by atoms with Crippen LogP contribution in [0.3, 0.4) is 0 Å². The SMILES string of the molecule is CC(C)c1c(O[C@H]2O[C@H](CO)[C@@H](O)[C@H](O)[C@@H]2O)ccc2c1CCC1C(C)(C)CCC[C@]21C. The summed E-state index contributed by atoms with van der Waals surface area (Å²) in [6.45, 7) is 11.1. The van der Waals surface area contributed by atoms with Crippen LogP contribution in [-0.4, -0.2) is 57.7 Å². The number of ether oxygens (including phenoxy) is 2. The Labute approximate surface area is 191 Å². The molecule has 2 aliphatic carbocycles. The molecule has 1 saturated heterocycles. The fourth-order valence-corrected chi connectivity index (χ4v) is 6.92. The van der Waals surface area contributed by atoms with E-state index in [2.05, 4.69) is 40.7 Å². The highest BCUT2D eigenvalue weighted by Crippen LogP contribution is 2.58. The zero-order chi connectivity index (χ0) is 23.4. The average Bonchev–Trinajstić information content (AvgIpc) is 2.72. The lowest BCUT2D eigenvalue weighted by molar-refractivity contribution is -0.277. The number of aliphatic hydroxyl groups is 4. The van der Waals surface area contributed by atoms with Crippen molar-refractivity contribution in [1.29, 1.82) is 0 Å². The summed E-state index contributed by atoms with van der Waals surface area (Å²) in [4.78, 5) is 0. The topological polar surface area (TPSA) is 99.4 Å². The Morgan fingerprint density at radius 3 is 2.44 bits per heavy atom. The summed E-state index contributed by atoms with van der Waals surface area (Å²) < 4.78 is 11.7. The van der Waals surface area contributed by atoms with Crippen molar-refractivity contribution in [2.24, 2.45) is 11.3 Å². The van der Waals surface area contributed by atoms with Gasteiger partial charge >= 0.3 is 0 Å². The third kappa shape index (κ3) is 3.78. The van der Waals surface area contributed by atoms with Gasteiger partial charge in [-0.2, -0.15) is 0 Å². The molecular formula is C26H40O6. The summed E-state index contributed by atoms with van der Waals surface area (Å²) >= 11 is 0. The smallest absolute Gasteiger partial charge is 0.229 e. The summed E-state index contributed by atoms with van der Waals surface area (Å²) in [5.41, 5.74) is 4.36. The van der Waals surface area contributed by atoms with E-state index < -0.39 is 37.3 Å². The number of hydrogen-bond acceptors (Lipinski definition) is 6. The molecule has 4 N–H and O–H groups in total. The molecule has 3 aliphatic rings. The van der Waals surface area contributed by atoms with Crippen molar-refractivity contribution >= 4 is 0 Å². The first-order valence-corrected chi connectivity index (χ1v) is 12.1. The number of aliphatic hydroxyl groups excluding tert-OH is 4. The van der Waals surface area contributed by atoms with E-state index in [0.717, 1.165) is 18.4 Å². The van der Waals surface area contributed by atoms with Gasteiger partial charge in [0.15, 0.2) is 0 Å². The predicted octanol–water partition coefficient (Wildman–Crippen LogP) is 3.02. The second-order valence-corrected chi connectivity index (χ2v) is 11.3. The highest BCUT2D eigenvalue weighted by Gasteiger charge is 2.50. The van der Waals surface area contributed by atoms with Crippen LogP contribution in [0.15, 0.2) is 12.1 Å². The second kappa shape index (κ2) is 8.55. The Bertz CT molecular complexity index is 834. The van der Waals surface area contributed by atoms with E-state index >= 15 is 0 Å². The molecule has 7 atom stereocenters. The molecule has 0 aromatic heterocycles. The summed E-state index contributed by atoms with van der Waals surface area (Å²) in [6.07, 6.45) is -0.548. The van der Waals surface area contributed by atoms with E-state index in [1.165, 1.54) is 30.4 Å². The van der Waals surface area contributed by atoms with Crippen molar-refractivity contribution in [3.8, 4) is 5.75 Å². The quantitative estimate of drug-likeness (QED) is 0.565. The van der Waals surface area contributed by atoms with Gasteiger partial charge in [0.05, 0.1) is 6.61 Å². The van der Waals surface area contributed by atoms with Gasteiger partial charge in [0.2, 0.25) is 6.29 Å². The van der Waals surface area contributed by atoms with Crippen LogP contribution in [0.1, 0.15) is 82.9 Å². The van der Waals surface area contributed by atoms with E-state index in [4.69, 9.17) is 9.47 Å². The largest absolute Gasteiger partial charge is 0.462 e. The molecular weight excluding hydrogens is 408 g/mol. The number of fused-ring (bicyclic) bond motifs is 3. The molecule has 6 nitrogen and oxygen atoms in total. The van der Waals surface area contributed by atoms with Crippen LogP contribution in [0.2, 0.25) is 0 Å². The van der Waals surface area contributed by atoms with Gasteiger partial charge in [0.25, 0.3) is 0 Å². The lowest BCUT2D eigenvalue weighted by Gasteiger charge is -2.55. The minimum Gasteiger partial charge on any atom is -0.462 e. The zero-order valence-electron chi connectivity index (χ0n) is 20.0. The average molecular weight is 449 g/mol. The minimum absolute atomic E-state index is 0.140. The molecule has 1 saturated carbocycles. The normalized spacial score (nSPS) is 38.8. The standard InChI is InChI=1S/C26H40O6/c1-14(2)20-15-7-10-19-25(3,4)11-6-12-26(19,5)16(15)8-9-17(20)31-24-23(30)22(29)21(28)18(13-27)32-24/h8-9,14,18-19,21-24,27-30H,6-7,10-13H2,1-5H3/t18-,19?,21-,22+,23+,24+,26-/m1/s1. The maximum Gasteiger partial charge on any atom is 0.229 e. The summed E-state index contributed by atoms with van der Waals surface area (Å²) in [5.74, 6) is 1.50. The van der Waals surface area contributed by atoms with Gasteiger partial charge in [0.1, 0.15) is 30.2 Å². The summed E-state index contributed by atoms with van der Waals surface area (Å²) in [6, 6.07) is 4.17. The lowest BCUT2D eigenvalue weighted by Crippen LogP contribution is -2.60. The molecule has 1 aromatic carbocycles. The molecule has 1 aromatic rings. The Balaban J connectivity index is 1.71. The highest BCUT2D eigenvalue weighted by molar-refractivity contribution is 5.51. The van der Waals surface area contributed by atoms with E-state index in [1.807, 2.05) is 6.07 Å². The van der Waals surface area contributed by atoms with E-state index in [0.29, 0.717) is 17.1 Å². The molecule has 4 rings (SSSR count). The monoisotopic (exact) mass is 448 g/mol. The van der Waals surface area contributed by atoms with Gasteiger partial charge in [-0.1, -0.05) is 47.1 Å². The predicted molar refractivity (Wildman–Crippen MR) is 122 cm³/mol. The van der Waals surface area contributed by atoms with Gasteiger partial charge in [-0.3, -0.25) is 0 Å². The van der Waals surface area contributed by atoms with Crippen molar-refractivity contribution in [2.45, 2.75) is 109 Å². The second-order valence-electron chi connectivity index (χ2n) is 11.3. The van der Waals surface area contributed by atoms with Gasteiger partial charge in [0, 0.05) is 5.56 Å². The van der Waals surface area contributed by atoms with Crippen molar-refractivity contribution < 1.29 is 29.9 Å². The Kier molecular flexibility index (Phi) is 6.40. The maximum absolute atomic E-state index is 10.5. The molecule has 0 amide bonds. The van der Waals surface area contributed by atoms with Gasteiger partial charge < -0.3 is 29.9 Å². The summed E-state index contributed by atoms with van der Waals surface area (Å²) in [7, 11) is 0. The molecule has 32 heavy (non-hydrogen) atoms. The van der Waals surface area contributed by atoms with E-state index in [-0.39, 0.29) is 11.3 Å². The van der Waals surface area contributed by atoms with Crippen LogP contribution in [-0.2, 0) is 16.6 Å². The molecule has 1 unspecified atom stereocenters. The van der Waals surface area contributed by atoms with Gasteiger partial charge in [-0.05, 0) is 65.5 Å². The molecule has 0 radical (unpaired) electrons. The van der Waals surface area contributed by atoms with Crippen LogP contribution in [0.25, 0.3) is 0 Å². The van der Waals surface area contributed by atoms with Crippen LogP contribution >= 0.6 is 0 Å². The molecule has 0 spiro atoms.